The zero-order chi connectivity index (χ0) is 87.9. The second-order valence-electron chi connectivity index (χ2n) is 37.1. The Kier molecular flexibility index (Phi) is 13.8. The van der Waals surface area contributed by atoms with Crippen molar-refractivity contribution >= 4 is 180 Å². The monoisotopic (exact) mass is 1730 g/mol. The van der Waals surface area contributed by atoms with E-state index >= 15 is 0 Å². The van der Waals surface area contributed by atoms with E-state index in [9.17, 15) is 0 Å². The van der Waals surface area contributed by atoms with Crippen LogP contribution in [-0.2, 0) is 0 Å². The van der Waals surface area contributed by atoms with Crippen molar-refractivity contribution in [3.8, 4) is 159 Å². The van der Waals surface area contributed by atoms with Gasteiger partial charge in [-0.25, -0.2) is 0 Å². The van der Waals surface area contributed by atoms with Crippen molar-refractivity contribution in [1.82, 2.24) is 18.3 Å². The van der Waals surface area contributed by atoms with Crippen LogP contribution in [0.2, 0.25) is 0 Å². The highest BCUT2D eigenvalue weighted by molar-refractivity contribution is 7.03. The average molecular weight is 1730 g/mol. The highest BCUT2D eigenvalue weighted by Crippen LogP contribution is 2.53. The van der Waals surface area contributed by atoms with E-state index in [0.717, 1.165) is 153 Å². The Labute approximate surface area is 778 Å². The minimum absolute atomic E-state index is 0.0814. The molecule has 12 nitrogen and oxygen atoms in total. The smallest absolute Gasteiger partial charge is 0.266 e. The molecule has 0 unspecified atom stereocenters. The van der Waals surface area contributed by atoms with Crippen molar-refractivity contribution in [1.29, 1.82) is 0 Å². The molecule has 0 bridgehead atoms. The molecule has 0 saturated carbocycles. The molecular weight excluding hydrogens is 1670 g/mol. The lowest BCUT2D eigenvalue weighted by Gasteiger charge is -2.38. The van der Waals surface area contributed by atoms with E-state index in [4.69, 9.17) is 37.9 Å². The van der Waals surface area contributed by atoms with Crippen LogP contribution in [0.25, 0.3) is 154 Å². The number of aromatic nitrogens is 4. The third kappa shape index (κ3) is 9.22. The van der Waals surface area contributed by atoms with Gasteiger partial charge in [-0.05, 0) is 235 Å². The Balaban J connectivity index is 0.0000000814. The van der Waals surface area contributed by atoms with Crippen LogP contribution in [0.5, 0.6) is 92.0 Å². The van der Waals surface area contributed by atoms with Gasteiger partial charge < -0.3 is 56.2 Å². The van der Waals surface area contributed by atoms with E-state index in [1.807, 2.05) is 24.3 Å². The van der Waals surface area contributed by atoms with Gasteiger partial charge in [0, 0.05) is 104 Å². The molecule has 0 N–H and O–H groups in total. The summed E-state index contributed by atoms with van der Waals surface area (Å²) in [5, 5.41) is 10.1. The van der Waals surface area contributed by atoms with E-state index in [1.54, 1.807) is 0 Å². The minimum atomic E-state index is 0.0814. The second kappa shape index (κ2) is 26.1. The Hall–Kier alpha value is -17.7. The minimum Gasteiger partial charge on any atom is -0.458 e. The zero-order valence-corrected chi connectivity index (χ0v) is 72.3. The van der Waals surface area contributed by atoms with Gasteiger partial charge in [0.05, 0.1) is 44.1 Å². The molecule has 0 radical (unpaired) electrons. The molecule has 0 fully saturated rings. The Bertz CT molecular complexity index is 9470. The van der Waals surface area contributed by atoms with E-state index < -0.39 is 0 Å². The fraction of sp³-hybridized carbons (Fsp3) is 0. The van der Waals surface area contributed by atoms with Crippen LogP contribution in [0, 0.1) is 0 Å². The SMILES string of the molecule is c1ccc(-c2cc3c4c(c2)Oc2ccc5c6ccccc6n6c5c2B4c2c(cccc2-6)O3)cc1.c1ccc(-c2cc3c4ccccc4n4c3c3c2Oc2cccc5c2B3c2c(cccc2-4)O5)cc1.c1ccc(-c2ccc3c4c2Oc2ccc5c6ccccc6n6c5c2B4c2c(cccc2-6)O3)cc1.c1ccc(-c2ccc3c4c2Oc2cccc5c2B4c2c(ccc4c6ccccc6n-5c24)O3)cc1. The van der Waals surface area contributed by atoms with Gasteiger partial charge in [-0.3, -0.25) is 0 Å². The van der Waals surface area contributed by atoms with Gasteiger partial charge in [-0.15, -0.1) is 0 Å². The fourth-order valence-electron chi connectivity index (χ4n) is 25.4. The topological polar surface area (TPSA) is 93.6 Å². The molecule has 12 aliphatic heterocycles. The maximum Gasteiger partial charge on any atom is 0.266 e. The molecule has 0 aliphatic carbocycles. The van der Waals surface area contributed by atoms with Gasteiger partial charge in [0.2, 0.25) is 0 Å². The Morgan fingerprint density at radius 3 is 0.816 bits per heavy atom. The van der Waals surface area contributed by atoms with Crippen molar-refractivity contribution in [2.24, 2.45) is 0 Å². The third-order valence-corrected chi connectivity index (χ3v) is 30.6. The average Bonchev–Trinajstić information content (AvgIpc) is 1.44. The summed E-state index contributed by atoms with van der Waals surface area (Å²) in [5.74, 6) is 14.6. The molecule has 0 amide bonds. The van der Waals surface area contributed by atoms with Crippen LogP contribution in [0.1, 0.15) is 0 Å². The molecule has 12 aliphatic rings. The lowest BCUT2D eigenvalue weighted by Crippen LogP contribution is -2.60. The highest BCUT2D eigenvalue weighted by Gasteiger charge is 2.53. The summed E-state index contributed by atoms with van der Waals surface area (Å²) < 4.78 is 62.7. The number of hydrogen-bond donors (Lipinski definition) is 0. The molecule has 0 spiro atoms. The molecule has 0 atom stereocenters. The van der Waals surface area contributed by atoms with Gasteiger partial charge in [0.1, 0.15) is 92.0 Å². The van der Waals surface area contributed by atoms with E-state index in [0.29, 0.717) is 0 Å². The lowest BCUT2D eigenvalue weighted by molar-refractivity contribution is 0.464. The maximum atomic E-state index is 6.76. The molecule has 20 aromatic carbocycles. The molecule has 136 heavy (non-hydrogen) atoms. The van der Waals surface area contributed by atoms with Gasteiger partial charge in [-0.2, -0.15) is 0 Å². The van der Waals surface area contributed by atoms with E-state index in [1.165, 1.54) is 159 Å². The summed E-state index contributed by atoms with van der Waals surface area (Å²) in [6.07, 6.45) is 0. The van der Waals surface area contributed by atoms with Crippen LogP contribution >= 0.6 is 0 Å². The first-order valence-corrected chi connectivity index (χ1v) is 46.6. The predicted octanol–water partition coefficient (Wildman–Crippen LogP) is 22.0. The van der Waals surface area contributed by atoms with Crippen LogP contribution in [0.3, 0.4) is 0 Å². The first-order valence-electron chi connectivity index (χ1n) is 46.6. The van der Waals surface area contributed by atoms with Crippen LogP contribution in [-0.4, -0.2) is 45.1 Å². The van der Waals surface area contributed by atoms with Crippen LogP contribution in [0.15, 0.2) is 388 Å². The third-order valence-electron chi connectivity index (χ3n) is 30.6. The quantitative estimate of drug-likeness (QED) is 0.161. The zero-order valence-electron chi connectivity index (χ0n) is 72.3. The van der Waals surface area contributed by atoms with Crippen LogP contribution in [0.4, 0.5) is 0 Å². The van der Waals surface area contributed by atoms with Crippen molar-refractivity contribution in [3.63, 3.8) is 0 Å². The largest absolute Gasteiger partial charge is 0.458 e. The number of para-hydroxylation sites is 4. The van der Waals surface area contributed by atoms with Gasteiger partial charge in [-0.1, -0.05) is 224 Å². The number of benzene rings is 20. The predicted molar refractivity (Wildman–Crippen MR) is 550 cm³/mol. The number of fused-ring (bicyclic) bond motifs is 16. The van der Waals surface area contributed by atoms with E-state index in [-0.39, 0.29) is 26.9 Å². The lowest BCUT2D eigenvalue weighted by atomic mass is 9.33. The van der Waals surface area contributed by atoms with Crippen molar-refractivity contribution in [3.05, 3.63) is 388 Å². The summed E-state index contributed by atoms with van der Waals surface area (Å²) in [6, 6.07) is 137. The van der Waals surface area contributed by atoms with Crippen molar-refractivity contribution < 1.29 is 37.9 Å². The molecule has 24 aromatic rings. The summed E-state index contributed by atoms with van der Waals surface area (Å²) in [6.45, 7) is 0.340. The second-order valence-corrected chi connectivity index (χ2v) is 37.1. The molecule has 0 saturated heterocycles. The molecule has 16 heterocycles. The summed E-state index contributed by atoms with van der Waals surface area (Å²) in [4.78, 5) is 0. The van der Waals surface area contributed by atoms with Crippen molar-refractivity contribution in [2.75, 3.05) is 0 Å². The van der Waals surface area contributed by atoms with Crippen LogP contribution < -0.4 is 103 Å². The molecular formula is C120H64B4N4O8. The Morgan fingerprint density at radius 1 is 0.147 bits per heavy atom. The number of ether oxygens (including phenoxy) is 8. The summed E-state index contributed by atoms with van der Waals surface area (Å²) >= 11 is 0. The molecule has 624 valence electrons. The Morgan fingerprint density at radius 2 is 0.412 bits per heavy atom. The maximum absolute atomic E-state index is 6.76. The molecule has 4 aromatic heterocycles. The fourth-order valence-corrected chi connectivity index (χ4v) is 25.4. The normalized spacial score (nSPS) is 13.7. The van der Waals surface area contributed by atoms with Gasteiger partial charge in [0.25, 0.3) is 26.9 Å². The highest BCUT2D eigenvalue weighted by atomic mass is 16.5. The number of rotatable bonds is 4. The first kappa shape index (κ1) is 72.0. The number of nitrogens with zero attached hydrogens (tertiary/aromatic N) is 4. The summed E-state index contributed by atoms with van der Waals surface area (Å²) in [7, 11) is 0. The first-order chi connectivity index (χ1) is 67.5. The standard InChI is InChI=1S/4C30H16BNO2/c1-2-8-17(9-3-1)19-16-20-18-10-4-5-11-21(18)32-22-12-6-13-23-26(22)31-27-24(33-23)14-7-15-25(27)34-30(19)28(31)29(20)32;1-2-7-17(8-3-1)18-13-15-25-28-30(18)34-23-12-6-11-22-26(23)31(28)27-24(33-25)16-14-20-19-9-4-5-10-21(19)32(22)29(20)27;1-2-7-17(8-3-1)18-13-15-25-28-30(18)34-24-16-14-20-19-9-4-5-10-21(19)32-22-11-6-12-23(33-25)26(22)31(28)27(24)29(20)32;1-2-7-17(8-3-1)18-15-25-28-26(16-18)34-24-14-13-20-19-9-4-5-10-21(19)32-22-11-6-12-23(33-25)27(22)31(28)29(24)30(20)32/h4*1-16H. The van der Waals surface area contributed by atoms with E-state index in [2.05, 4.69) is 382 Å². The van der Waals surface area contributed by atoms with Gasteiger partial charge in [0.15, 0.2) is 0 Å². The molecule has 16 heteroatoms. The summed E-state index contributed by atoms with van der Waals surface area (Å²) in [5.41, 5.74) is 38.1. The number of hydrogen-bond acceptors (Lipinski definition) is 8. The molecule has 36 rings (SSSR count). The van der Waals surface area contributed by atoms with Gasteiger partial charge >= 0.3 is 0 Å². The van der Waals surface area contributed by atoms with Crippen molar-refractivity contribution in [2.45, 2.75) is 0 Å².